The molecule has 0 radical (unpaired) electrons. The van der Waals surface area contributed by atoms with E-state index in [2.05, 4.69) is 17.2 Å². The summed E-state index contributed by atoms with van der Waals surface area (Å²) >= 11 is 0. The maximum absolute atomic E-state index is 12.8. The Kier molecular flexibility index (Phi) is 7.78. The highest BCUT2D eigenvalue weighted by atomic mass is 16.5. The van der Waals surface area contributed by atoms with Crippen molar-refractivity contribution in [2.75, 3.05) is 13.7 Å². The van der Waals surface area contributed by atoms with Gasteiger partial charge in [-0.15, -0.1) is 0 Å². The van der Waals surface area contributed by atoms with E-state index in [-0.39, 0.29) is 17.5 Å². The summed E-state index contributed by atoms with van der Waals surface area (Å²) in [6, 6.07) is 6.93. The molecule has 1 aromatic heterocycles. The van der Waals surface area contributed by atoms with Crippen LogP contribution in [-0.4, -0.2) is 29.2 Å². The van der Waals surface area contributed by atoms with E-state index in [9.17, 15) is 9.59 Å². The second-order valence-corrected chi connectivity index (χ2v) is 6.54. The first-order valence-electron chi connectivity index (χ1n) is 9.36. The number of carbonyl (C=O) groups is 1. The number of nitrogens with one attached hydrogen (secondary N) is 1. The number of methoxy groups -OCH3 is 1. The molecule has 2 rings (SSSR count). The summed E-state index contributed by atoms with van der Waals surface area (Å²) in [6.45, 7) is 4.82. The van der Waals surface area contributed by atoms with Crippen LogP contribution in [0, 0.1) is 0 Å². The number of amides is 1. The van der Waals surface area contributed by atoms with Crippen molar-refractivity contribution in [1.82, 2.24) is 14.9 Å². The first-order chi connectivity index (χ1) is 12.6. The lowest BCUT2D eigenvalue weighted by atomic mass is 10.1. The molecule has 142 valence electrons. The molecule has 26 heavy (non-hydrogen) atoms. The molecule has 1 aromatic carbocycles. The highest BCUT2D eigenvalue weighted by Crippen LogP contribution is 2.14. The average molecular weight is 359 g/mol. The second-order valence-electron chi connectivity index (χ2n) is 6.54. The number of ether oxygens (including phenoxy) is 1. The van der Waals surface area contributed by atoms with Gasteiger partial charge in [-0.1, -0.05) is 38.3 Å². The maximum atomic E-state index is 12.8. The zero-order chi connectivity index (χ0) is 18.9. The van der Waals surface area contributed by atoms with Crippen molar-refractivity contribution in [2.24, 2.45) is 0 Å². The summed E-state index contributed by atoms with van der Waals surface area (Å²) < 4.78 is 6.73. The van der Waals surface area contributed by atoms with Crippen LogP contribution in [0.5, 0.6) is 0 Å². The van der Waals surface area contributed by atoms with Crippen LogP contribution in [0.15, 0.2) is 29.1 Å². The van der Waals surface area contributed by atoms with Crippen LogP contribution in [0.25, 0.3) is 10.9 Å². The number of para-hydroxylation sites is 1. The number of nitrogens with zero attached hydrogens (tertiary/aromatic N) is 2. The van der Waals surface area contributed by atoms with Crippen molar-refractivity contribution in [2.45, 2.75) is 58.5 Å². The fourth-order valence-corrected chi connectivity index (χ4v) is 3.00. The molecule has 0 saturated heterocycles. The van der Waals surface area contributed by atoms with Crippen molar-refractivity contribution in [1.29, 1.82) is 0 Å². The number of benzene rings is 1. The minimum atomic E-state index is -0.345. The molecule has 6 heteroatoms. The van der Waals surface area contributed by atoms with Crippen molar-refractivity contribution in [3.8, 4) is 0 Å². The van der Waals surface area contributed by atoms with Gasteiger partial charge in [0, 0.05) is 13.5 Å². The normalized spacial score (nSPS) is 12.3. The Balaban J connectivity index is 2.22. The van der Waals surface area contributed by atoms with Gasteiger partial charge in [0.05, 0.1) is 30.1 Å². The maximum Gasteiger partial charge on any atom is 0.261 e. The van der Waals surface area contributed by atoms with Crippen molar-refractivity contribution >= 4 is 16.8 Å². The van der Waals surface area contributed by atoms with Gasteiger partial charge in [-0.25, -0.2) is 4.98 Å². The largest absolute Gasteiger partial charge is 0.383 e. The smallest absolute Gasteiger partial charge is 0.261 e. The van der Waals surface area contributed by atoms with Crippen LogP contribution in [0.4, 0.5) is 0 Å². The van der Waals surface area contributed by atoms with E-state index in [1.807, 2.05) is 25.1 Å². The Morgan fingerprint density at radius 1 is 1.27 bits per heavy atom. The highest BCUT2D eigenvalue weighted by Gasteiger charge is 2.18. The van der Waals surface area contributed by atoms with Crippen LogP contribution >= 0.6 is 0 Å². The standard InChI is InChI=1S/C20H29N3O3/c1-4-5-6-7-12-18(24)21-15(2)19-22-17-11-9-8-10-16(17)20(25)23(19)13-14-26-3/h8-11,15H,4-7,12-14H2,1-3H3,(H,21,24)/t15-/m1/s1. The van der Waals surface area contributed by atoms with Gasteiger partial charge in [-0.05, 0) is 25.5 Å². The Morgan fingerprint density at radius 3 is 2.77 bits per heavy atom. The van der Waals surface area contributed by atoms with E-state index in [1.54, 1.807) is 17.7 Å². The first kappa shape index (κ1) is 20.1. The van der Waals surface area contributed by atoms with Gasteiger partial charge in [0.1, 0.15) is 5.82 Å². The molecule has 0 aliphatic heterocycles. The zero-order valence-corrected chi connectivity index (χ0v) is 16.0. The molecule has 2 aromatic rings. The molecule has 0 spiro atoms. The van der Waals surface area contributed by atoms with Crippen LogP contribution in [-0.2, 0) is 16.1 Å². The number of aromatic nitrogens is 2. The van der Waals surface area contributed by atoms with Crippen molar-refractivity contribution in [3.63, 3.8) is 0 Å². The lowest BCUT2D eigenvalue weighted by Gasteiger charge is -2.19. The molecule has 0 aliphatic carbocycles. The van der Waals surface area contributed by atoms with Crippen molar-refractivity contribution < 1.29 is 9.53 Å². The summed E-state index contributed by atoms with van der Waals surface area (Å²) in [5, 5.41) is 3.55. The third kappa shape index (κ3) is 5.14. The Hall–Kier alpha value is -2.21. The van der Waals surface area contributed by atoms with E-state index in [4.69, 9.17) is 4.74 Å². The van der Waals surface area contributed by atoms with Gasteiger partial charge in [0.15, 0.2) is 0 Å². The first-order valence-corrected chi connectivity index (χ1v) is 9.36. The SMILES string of the molecule is CCCCCCC(=O)N[C@H](C)c1nc2ccccc2c(=O)n1CCOC. The minimum Gasteiger partial charge on any atom is -0.383 e. The topological polar surface area (TPSA) is 73.2 Å². The Morgan fingerprint density at radius 2 is 2.04 bits per heavy atom. The van der Waals surface area contributed by atoms with Gasteiger partial charge >= 0.3 is 0 Å². The molecule has 1 heterocycles. The zero-order valence-electron chi connectivity index (χ0n) is 16.0. The summed E-state index contributed by atoms with van der Waals surface area (Å²) in [5.41, 5.74) is 0.539. The van der Waals surface area contributed by atoms with Crippen LogP contribution in [0.2, 0.25) is 0 Å². The third-order valence-electron chi connectivity index (χ3n) is 4.43. The van der Waals surface area contributed by atoms with Crippen LogP contribution < -0.4 is 10.9 Å². The Labute approximate surface area is 154 Å². The molecular formula is C20H29N3O3. The summed E-state index contributed by atoms with van der Waals surface area (Å²) in [6.07, 6.45) is 4.73. The van der Waals surface area contributed by atoms with Crippen molar-refractivity contribution in [3.05, 3.63) is 40.4 Å². The summed E-state index contributed by atoms with van der Waals surface area (Å²) in [4.78, 5) is 29.7. The molecule has 6 nitrogen and oxygen atoms in total. The molecule has 0 fully saturated rings. The molecule has 1 amide bonds. The second kappa shape index (κ2) is 10.1. The molecule has 0 aliphatic rings. The Bertz CT molecular complexity index is 785. The van der Waals surface area contributed by atoms with Gasteiger partial charge in [-0.2, -0.15) is 0 Å². The fraction of sp³-hybridized carbons (Fsp3) is 0.550. The van der Waals surface area contributed by atoms with Gasteiger partial charge in [0.2, 0.25) is 5.91 Å². The minimum absolute atomic E-state index is 0.00528. The summed E-state index contributed by atoms with van der Waals surface area (Å²) in [5.74, 6) is 0.557. The van der Waals surface area contributed by atoms with E-state index >= 15 is 0 Å². The predicted octanol–water partition coefficient (Wildman–Crippen LogP) is 3.19. The number of unbranched alkanes of at least 4 members (excludes halogenated alkanes) is 3. The average Bonchev–Trinajstić information content (AvgIpc) is 2.64. The predicted molar refractivity (Wildman–Crippen MR) is 103 cm³/mol. The lowest BCUT2D eigenvalue weighted by Crippen LogP contribution is -2.34. The van der Waals surface area contributed by atoms with Gasteiger partial charge in [0.25, 0.3) is 5.56 Å². The van der Waals surface area contributed by atoms with Crippen LogP contribution in [0.1, 0.15) is 57.8 Å². The number of hydrogen-bond acceptors (Lipinski definition) is 4. The molecule has 0 bridgehead atoms. The molecule has 1 N–H and O–H groups in total. The summed E-state index contributed by atoms with van der Waals surface area (Å²) in [7, 11) is 1.60. The molecular weight excluding hydrogens is 330 g/mol. The van der Waals surface area contributed by atoms with E-state index in [0.29, 0.717) is 36.3 Å². The number of rotatable bonds is 10. The van der Waals surface area contributed by atoms with Gasteiger partial charge < -0.3 is 10.1 Å². The van der Waals surface area contributed by atoms with Gasteiger partial charge in [-0.3, -0.25) is 14.2 Å². The quantitative estimate of drug-likeness (QED) is 0.661. The lowest BCUT2D eigenvalue weighted by molar-refractivity contribution is -0.121. The number of fused-ring (bicyclic) bond motifs is 1. The fourth-order valence-electron chi connectivity index (χ4n) is 3.00. The molecule has 0 saturated carbocycles. The van der Waals surface area contributed by atoms with E-state index < -0.39 is 0 Å². The number of hydrogen-bond donors (Lipinski definition) is 1. The van der Waals surface area contributed by atoms with E-state index in [1.165, 1.54) is 0 Å². The molecule has 0 unspecified atom stereocenters. The van der Waals surface area contributed by atoms with Crippen LogP contribution in [0.3, 0.4) is 0 Å². The third-order valence-corrected chi connectivity index (χ3v) is 4.43. The molecule has 1 atom stereocenters. The van der Waals surface area contributed by atoms with E-state index in [0.717, 1.165) is 25.7 Å². The highest BCUT2D eigenvalue weighted by molar-refractivity contribution is 5.78. The monoisotopic (exact) mass is 359 g/mol. The number of carbonyl (C=O) groups excluding carboxylic acids is 1.